The fourth-order valence-corrected chi connectivity index (χ4v) is 1.54. The zero-order valence-electron chi connectivity index (χ0n) is 10.5. The van der Waals surface area contributed by atoms with Gasteiger partial charge in [-0.3, -0.25) is 0 Å². The number of aromatic nitrogens is 1. The Labute approximate surface area is 102 Å². The van der Waals surface area contributed by atoms with E-state index in [2.05, 4.69) is 25.8 Å². The first-order chi connectivity index (χ1) is 8.00. The van der Waals surface area contributed by atoms with Gasteiger partial charge in [0, 0.05) is 17.1 Å². The van der Waals surface area contributed by atoms with Crippen LogP contribution in [-0.2, 0) is 0 Å². The third kappa shape index (κ3) is 2.67. The predicted octanol–water partition coefficient (Wildman–Crippen LogP) is 3.38. The van der Waals surface area contributed by atoms with Gasteiger partial charge in [-0.15, -0.1) is 0 Å². The Morgan fingerprint density at radius 3 is 2.71 bits per heavy atom. The molecule has 0 unspecified atom stereocenters. The lowest BCUT2D eigenvalue weighted by Crippen LogP contribution is -2.27. The number of rotatable bonds is 3. The van der Waals surface area contributed by atoms with Crippen LogP contribution in [0.4, 0.5) is 5.69 Å². The summed E-state index contributed by atoms with van der Waals surface area (Å²) < 4.78 is 5.85. The van der Waals surface area contributed by atoms with Crippen LogP contribution in [0.1, 0.15) is 27.2 Å². The molecular formula is C14H18N2O. The van der Waals surface area contributed by atoms with E-state index >= 15 is 0 Å². The molecule has 1 aromatic heterocycles. The van der Waals surface area contributed by atoms with Crippen molar-refractivity contribution in [3.05, 3.63) is 30.3 Å². The molecule has 0 saturated heterocycles. The van der Waals surface area contributed by atoms with Gasteiger partial charge in [-0.25, -0.2) is 4.98 Å². The average Bonchev–Trinajstić information content (AvgIpc) is 2.29. The highest BCUT2D eigenvalue weighted by Crippen LogP contribution is 2.23. The van der Waals surface area contributed by atoms with Crippen molar-refractivity contribution >= 4 is 16.6 Å². The minimum absolute atomic E-state index is 0.186. The molecule has 0 atom stereocenters. The summed E-state index contributed by atoms with van der Waals surface area (Å²) in [7, 11) is 0. The highest BCUT2D eigenvalue weighted by molar-refractivity contribution is 5.82. The number of fused-ring (bicyclic) bond motifs is 1. The van der Waals surface area contributed by atoms with Crippen LogP contribution >= 0.6 is 0 Å². The predicted molar refractivity (Wildman–Crippen MR) is 71.2 cm³/mol. The van der Waals surface area contributed by atoms with E-state index < -0.39 is 0 Å². The number of hydrogen-bond acceptors (Lipinski definition) is 3. The highest BCUT2D eigenvalue weighted by atomic mass is 16.5. The molecule has 0 spiro atoms. The Balaban J connectivity index is 2.35. The van der Waals surface area contributed by atoms with Crippen molar-refractivity contribution in [2.45, 2.75) is 32.8 Å². The number of benzene rings is 1. The average molecular weight is 230 g/mol. The van der Waals surface area contributed by atoms with Gasteiger partial charge in [-0.05, 0) is 44.5 Å². The van der Waals surface area contributed by atoms with Gasteiger partial charge in [0.15, 0.2) is 0 Å². The summed E-state index contributed by atoms with van der Waals surface area (Å²) in [6, 6.07) is 9.55. The molecule has 2 N–H and O–H groups in total. The van der Waals surface area contributed by atoms with E-state index in [0.717, 1.165) is 23.0 Å². The molecule has 1 aromatic carbocycles. The maximum atomic E-state index is 5.85. The van der Waals surface area contributed by atoms with Crippen LogP contribution in [0.5, 0.6) is 5.88 Å². The van der Waals surface area contributed by atoms with Gasteiger partial charge in [-0.1, -0.05) is 6.92 Å². The van der Waals surface area contributed by atoms with Crippen LogP contribution in [0.2, 0.25) is 0 Å². The number of ether oxygens (including phenoxy) is 1. The molecule has 2 rings (SSSR count). The maximum Gasteiger partial charge on any atom is 0.214 e. The fourth-order valence-electron chi connectivity index (χ4n) is 1.54. The van der Waals surface area contributed by atoms with Crippen LogP contribution in [-0.4, -0.2) is 10.6 Å². The molecule has 0 aliphatic rings. The Morgan fingerprint density at radius 1 is 1.24 bits per heavy atom. The van der Waals surface area contributed by atoms with Crippen molar-refractivity contribution in [1.29, 1.82) is 0 Å². The number of nitrogens with two attached hydrogens (primary N) is 1. The van der Waals surface area contributed by atoms with Crippen LogP contribution in [0.3, 0.4) is 0 Å². The second-order valence-corrected chi connectivity index (χ2v) is 4.82. The summed E-state index contributed by atoms with van der Waals surface area (Å²) in [6.45, 7) is 6.21. The van der Waals surface area contributed by atoms with E-state index in [-0.39, 0.29) is 5.60 Å². The number of nitrogens with zero attached hydrogens (tertiary/aromatic N) is 1. The quantitative estimate of drug-likeness (QED) is 0.822. The summed E-state index contributed by atoms with van der Waals surface area (Å²) in [5.41, 5.74) is 7.20. The summed E-state index contributed by atoms with van der Waals surface area (Å²) in [6.07, 6.45) is 0.939. The van der Waals surface area contributed by atoms with Crippen molar-refractivity contribution in [2.24, 2.45) is 0 Å². The zero-order chi connectivity index (χ0) is 12.5. The molecule has 0 radical (unpaired) electrons. The lowest BCUT2D eigenvalue weighted by molar-refractivity contribution is 0.0995. The SMILES string of the molecule is CCC(C)(C)Oc1ccc2cc(N)ccc2n1. The Kier molecular flexibility index (Phi) is 2.92. The van der Waals surface area contributed by atoms with Gasteiger partial charge < -0.3 is 10.5 Å². The first kappa shape index (κ1) is 11.7. The first-order valence-electron chi connectivity index (χ1n) is 5.85. The molecule has 0 bridgehead atoms. The Morgan fingerprint density at radius 2 is 2.00 bits per heavy atom. The van der Waals surface area contributed by atoms with Crippen molar-refractivity contribution < 1.29 is 4.74 Å². The number of hydrogen-bond donors (Lipinski definition) is 1. The van der Waals surface area contributed by atoms with Crippen molar-refractivity contribution in [1.82, 2.24) is 4.98 Å². The number of pyridine rings is 1. The molecule has 0 saturated carbocycles. The molecular weight excluding hydrogens is 212 g/mol. The number of anilines is 1. The van der Waals surface area contributed by atoms with Gasteiger partial charge in [0.2, 0.25) is 5.88 Å². The number of nitrogen functional groups attached to an aromatic ring is 1. The second-order valence-electron chi connectivity index (χ2n) is 4.82. The third-order valence-electron chi connectivity index (χ3n) is 2.92. The zero-order valence-corrected chi connectivity index (χ0v) is 10.5. The minimum atomic E-state index is -0.186. The Bertz CT molecular complexity index is 535. The lowest BCUT2D eigenvalue weighted by Gasteiger charge is -2.24. The van der Waals surface area contributed by atoms with Crippen LogP contribution in [0.25, 0.3) is 10.9 Å². The monoisotopic (exact) mass is 230 g/mol. The second kappa shape index (κ2) is 4.24. The standard InChI is InChI=1S/C14H18N2O/c1-4-14(2,3)17-13-8-5-10-9-11(15)6-7-12(10)16-13/h5-9H,4,15H2,1-3H3. The van der Waals surface area contributed by atoms with E-state index in [1.807, 2.05) is 30.3 Å². The van der Waals surface area contributed by atoms with Gasteiger partial charge in [-0.2, -0.15) is 0 Å². The molecule has 1 heterocycles. The first-order valence-corrected chi connectivity index (χ1v) is 5.85. The summed E-state index contributed by atoms with van der Waals surface area (Å²) in [5.74, 6) is 0.661. The van der Waals surface area contributed by atoms with E-state index in [1.54, 1.807) is 0 Å². The smallest absolute Gasteiger partial charge is 0.214 e. The van der Waals surface area contributed by atoms with Crippen LogP contribution < -0.4 is 10.5 Å². The molecule has 2 aromatic rings. The third-order valence-corrected chi connectivity index (χ3v) is 2.92. The highest BCUT2D eigenvalue weighted by Gasteiger charge is 2.17. The van der Waals surface area contributed by atoms with Crippen LogP contribution in [0.15, 0.2) is 30.3 Å². The molecule has 0 amide bonds. The normalized spacial score (nSPS) is 11.7. The minimum Gasteiger partial charge on any atom is -0.472 e. The van der Waals surface area contributed by atoms with Gasteiger partial charge in [0.05, 0.1) is 5.52 Å². The van der Waals surface area contributed by atoms with E-state index in [1.165, 1.54) is 0 Å². The summed E-state index contributed by atoms with van der Waals surface area (Å²) in [5, 5.41) is 1.03. The molecule has 0 fully saturated rings. The molecule has 3 heteroatoms. The van der Waals surface area contributed by atoms with Gasteiger partial charge in [0.1, 0.15) is 5.60 Å². The topological polar surface area (TPSA) is 48.1 Å². The van der Waals surface area contributed by atoms with Crippen LogP contribution in [0, 0.1) is 0 Å². The maximum absolute atomic E-state index is 5.85. The molecule has 0 aliphatic carbocycles. The van der Waals surface area contributed by atoms with E-state index in [4.69, 9.17) is 10.5 Å². The van der Waals surface area contributed by atoms with Crippen molar-refractivity contribution in [3.63, 3.8) is 0 Å². The lowest BCUT2D eigenvalue weighted by atomic mass is 10.1. The van der Waals surface area contributed by atoms with Gasteiger partial charge >= 0.3 is 0 Å². The van der Waals surface area contributed by atoms with Gasteiger partial charge in [0.25, 0.3) is 0 Å². The summed E-state index contributed by atoms with van der Waals surface area (Å²) >= 11 is 0. The fraction of sp³-hybridized carbons (Fsp3) is 0.357. The van der Waals surface area contributed by atoms with E-state index in [9.17, 15) is 0 Å². The molecule has 17 heavy (non-hydrogen) atoms. The Hall–Kier alpha value is -1.77. The molecule has 0 aliphatic heterocycles. The van der Waals surface area contributed by atoms with Crippen molar-refractivity contribution in [3.8, 4) is 5.88 Å². The molecule has 3 nitrogen and oxygen atoms in total. The molecule has 90 valence electrons. The summed E-state index contributed by atoms with van der Waals surface area (Å²) in [4.78, 5) is 4.47. The largest absolute Gasteiger partial charge is 0.472 e. The van der Waals surface area contributed by atoms with E-state index in [0.29, 0.717) is 5.88 Å². The van der Waals surface area contributed by atoms with Crippen molar-refractivity contribution in [2.75, 3.05) is 5.73 Å².